The van der Waals surface area contributed by atoms with Crippen molar-refractivity contribution in [3.63, 3.8) is 0 Å². The van der Waals surface area contributed by atoms with E-state index in [4.69, 9.17) is 11.6 Å². The summed E-state index contributed by atoms with van der Waals surface area (Å²) in [6.45, 7) is 6.28. The van der Waals surface area contributed by atoms with Crippen molar-refractivity contribution in [2.24, 2.45) is 0 Å². The first-order valence-electron chi connectivity index (χ1n) is 10.9. The number of nitrogens with one attached hydrogen (secondary N) is 1. The fraction of sp³-hybridized carbons (Fsp3) is 0.440. The number of hydrogen-bond acceptors (Lipinski definition) is 3. The minimum Gasteiger partial charge on any atom is -0.352 e. The van der Waals surface area contributed by atoms with E-state index in [0.29, 0.717) is 30.2 Å². The quantitative estimate of drug-likeness (QED) is 0.414. The number of hydrogen-bond donors (Lipinski definition) is 1. The van der Waals surface area contributed by atoms with Gasteiger partial charge in [0.15, 0.2) is 0 Å². The molecule has 2 rings (SSSR count). The van der Waals surface area contributed by atoms with Gasteiger partial charge in [0.1, 0.15) is 6.04 Å². The van der Waals surface area contributed by atoms with Crippen LogP contribution in [0, 0.1) is 0 Å². The molecular weight excluding hydrogens is 428 g/mol. The van der Waals surface area contributed by atoms with Crippen molar-refractivity contribution in [1.29, 1.82) is 0 Å². The van der Waals surface area contributed by atoms with Crippen LogP contribution in [0.4, 0.5) is 0 Å². The first-order valence-corrected chi connectivity index (χ1v) is 12.4. The molecule has 31 heavy (non-hydrogen) atoms. The number of carbonyl (C=O) groups is 2. The summed E-state index contributed by atoms with van der Waals surface area (Å²) in [4.78, 5) is 27.9. The van der Waals surface area contributed by atoms with E-state index in [1.165, 1.54) is 5.56 Å². The van der Waals surface area contributed by atoms with Gasteiger partial charge < -0.3 is 10.2 Å². The monoisotopic (exact) mass is 460 g/mol. The Morgan fingerprint density at radius 1 is 1.03 bits per heavy atom. The van der Waals surface area contributed by atoms with Crippen LogP contribution in [0.5, 0.6) is 0 Å². The summed E-state index contributed by atoms with van der Waals surface area (Å²) in [6, 6.07) is 17.3. The lowest BCUT2D eigenvalue weighted by molar-refractivity contribution is -0.141. The van der Waals surface area contributed by atoms with Crippen molar-refractivity contribution in [3.8, 4) is 0 Å². The second-order valence-corrected chi connectivity index (χ2v) is 9.16. The third-order valence-electron chi connectivity index (χ3n) is 5.26. The van der Waals surface area contributed by atoms with Crippen molar-refractivity contribution in [1.82, 2.24) is 10.2 Å². The van der Waals surface area contributed by atoms with E-state index in [0.717, 1.165) is 17.7 Å². The minimum atomic E-state index is -0.517. The molecule has 0 aromatic heterocycles. The van der Waals surface area contributed by atoms with Gasteiger partial charge in [0.2, 0.25) is 11.8 Å². The van der Waals surface area contributed by atoms with Crippen molar-refractivity contribution in [2.75, 3.05) is 5.75 Å². The van der Waals surface area contributed by atoms with Gasteiger partial charge >= 0.3 is 0 Å². The lowest BCUT2D eigenvalue weighted by atomic mass is 10.1. The number of nitrogens with zero attached hydrogens (tertiary/aromatic N) is 1. The highest BCUT2D eigenvalue weighted by Gasteiger charge is 2.29. The van der Waals surface area contributed by atoms with Gasteiger partial charge in [0, 0.05) is 35.5 Å². The second kappa shape index (κ2) is 13.4. The molecule has 2 aromatic carbocycles. The third kappa shape index (κ3) is 8.23. The SMILES string of the molecule is CC[C@@H](C)NC(=O)[C@H](CC)N(Cc1ccccc1Cl)C(=O)CCSCc1ccccc1. The van der Waals surface area contributed by atoms with Crippen LogP contribution in [0.2, 0.25) is 5.02 Å². The molecule has 0 radical (unpaired) electrons. The summed E-state index contributed by atoms with van der Waals surface area (Å²) < 4.78 is 0. The maximum absolute atomic E-state index is 13.2. The van der Waals surface area contributed by atoms with E-state index >= 15 is 0 Å². The zero-order chi connectivity index (χ0) is 22.6. The van der Waals surface area contributed by atoms with Crippen molar-refractivity contribution >= 4 is 35.2 Å². The van der Waals surface area contributed by atoms with Crippen LogP contribution in [0.25, 0.3) is 0 Å². The lowest BCUT2D eigenvalue weighted by Crippen LogP contribution is -2.50. The molecule has 0 fully saturated rings. The third-order valence-corrected chi connectivity index (χ3v) is 6.66. The number of thioether (sulfide) groups is 1. The van der Waals surface area contributed by atoms with Crippen LogP contribution in [-0.4, -0.2) is 34.6 Å². The number of rotatable bonds is 12. The predicted molar refractivity (Wildman–Crippen MR) is 131 cm³/mol. The Labute approximate surface area is 195 Å². The summed E-state index contributed by atoms with van der Waals surface area (Å²) in [5.41, 5.74) is 2.09. The van der Waals surface area contributed by atoms with Gasteiger partial charge in [0.25, 0.3) is 0 Å². The predicted octanol–water partition coefficient (Wildman–Crippen LogP) is 5.69. The van der Waals surface area contributed by atoms with Gasteiger partial charge in [-0.15, -0.1) is 0 Å². The average Bonchev–Trinajstić information content (AvgIpc) is 2.78. The molecule has 168 valence electrons. The van der Waals surface area contributed by atoms with E-state index in [9.17, 15) is 9.59 Å². The van der Waals surface area contributed by atoms with Gasteiger partial charge in [-0.25, -0.2) is 0 Å². The van der Waals surface area contributed by atoms with E-state index in [2.05, 4.69) is 17.4 Å². The van der Waals surface area contributed by atoms with Crippen LogP contribution in [0.3, 0.4) is 0 Å². The smallest absolute Gasteiger partial charge is 0.243 e. The second-order valence-electron chi connectivity index (χ2n) is 7.64. The highest BCUT2D eigenvalue weighted by Crippen LogP contribution is 2.21. The molecule has 0 aliphatic heterocycles. The first kappa shape index (κ1) is 25.3. The highest BCUT2D eigenvalue weighted by molar-refractivity contribution is 7.98. The first-order chi connectivity index (χ1) is 15.0. The molecule has 4 nitrogen and oxygen atoms in total. The molecule has 0 saturated heterocycles. The van der Waals surface area contributed by atoms with E-state index in [-0.39, 0.29) is 17.9 Å². The van der Waals surface area contributed by atoms with E-state index in [1.807, 2.05) is 63.2 Å². The van der Waals surface area contributed by atoms with Gasteiger partial charge in [-0.1, -0.05) is 74.0 Å². The Kier molecular flexibility index (Phi) is 11.0. The van der Waals surface area contributed by atoms with Crippen molar-refractivity contribution in [2.45, 2.75) is 64.4 Å². The maximum Gasteiger partial charge on any atom is 0.243 e. The lowest BCUT2D eigenvalue weighted by Gasteiger charge is -2.31. The number of amides is 2. The van der Waals surface area contributed by atoms with Crippen LogP contribution in [0.15, 0.2) is 54.6 Å². The minimum absolute atomic E-state index is 0.0216. The van der Waals surface area contributed by atoms with Crippen LogP contribution >= 0.6 is 23.4 Å². The van der Waals surface area contributed by atoms with Crippen LogP contribution < -0.4 is 5.32 Å². The fourth-order valence-electron chi connectivity index (χ4n) is 3.24. The molecule has 2 aromatic rings. The Morgan fingerprint density at radius 3 is 2.35 bits per heavy atom. The van der Waals surface area contributed by atoms with Crippen molar-refractivity contribution < 1.29 is 9.59 Å². The molecular formula is C25H33ClN2O2S. The number of carbonyl (C=O) groups excluding carboxylic acids is 2. The molecule has 0 heterocycles. The molecule has 0 saturated carbocycles. The zero-order valence-corrected chi connectivity index (χ0v) is 20.2. The summed E-state index contributed by atoms with van der Waals surface area (Å²) in [6.07, 6.45) is 1.78. The molecule has 2 atom stereocenters. The zero-order valence-electron chi connectivity index (χ0n) is 18.6. The summed E-state index contributed by atoms with van der Waals surface area (Å²) in [7, 11) is 0. The van der Waals surface area contributed by atoms with Gasteiger partial charge in [-0.3, -0.25) is 9.59 Å². The summed E-state index contributed by atoms with van der Waals surface area (Å²) in [5, 5.41) is 3.64. The molecule has 0 bridgehead atoms. The van der Waals surface area contributed by atoms with Gasteiger partial charge in [-0.05, 0) is 37.0 Å². The van der Waals surface area contributed by atoms with Crippen LogP contribution in [-0.2, 0) is 21.9 Å². The molecule has 1 N–H and O–H groups in total. The van der Waals surface area contributed by atoms with Gasteiger partial charge in [-0.2, -0.15) is 11.8 Å². The Hall–Kier alpha value is -1.98. The molecule has 0 aliphatic rings. The Balaban J connectivity index is 2.08. The maximum atomic E-state index is 13.2. The largest absolute Gasteiger partial charge is 0.352 e. The van der Waals surface area contributed by atoms with E-state index in [1.54, 1.807) is 16.7 Å². The normalized spacial score (nSPS) is 12.8. The summed E-state index contributed by atoms with van der Waals surface area (Å²) >= 11 is 8.09. The molecule has 0 aliphatic carbocycles. The molecule has 0 unspecified atom stereocenters. The van der Waals surface area contributed by atoms with Crippen molar-refractivity contribution in [3.05, 3.63) is 70.7 Å². The molecule has 0 spiro atoms. The average molecular weight is 461 g/mol. The number of benzene rings is 2. The van der Waals surface area contributed by atoms with Gasteiger partial charge in [0.05, 0.1) is 0 Å². The van der Waals surface area contributed by atoms with Crippen LogP contribution in [0.1, 0.15) is 51.2 Å². The number of halogens is 1. The topological polar surface area (TPSA) is 49.4 Å². The fourth-order valence-corrected chi connectivity index (χ4v) is 4.33. The molecule has 2 amide bonds. The molecule has 6 heteroatoms. The standard InChI is InChI=1S/C25H33ClN2O2S/c1-4-19(3)27-25(30)23(5-2)28(17-21-13-9-10-14-22(21)26)24(29)15-16-31-18-20-11-7-6-8-12-20/h6-14,19,23H,4-5,15-18H2,1-3H3,(H,27,30)/t19-,23+/m1/s1. The summed E-state index contributed by atoms with van der Waals surface area (Å²) in [5.74, 6) is 1.45. The Morgan fingerprint density at radius 2 is 1.71 bits per heavy atom. The highest BCUT2D eigenvalue weighted by atomic mass is 35.5. The van der Waals surface area contributed by atoms with E-state index < -0.39 is 6.04 Å². The Bertz CT molecular complexity index is 831.